The Morgan fingerprint density at radius 1 is 1.24 bits per heavy atom. The predicted octanol–water partition coefficient (Wildman–Crippen LogP) is 1.91. The minimum Gasteiger partial charge on any atom is -0.351 e. The van der Waals surface area contributed by atoms with Gasteiger partial charge < -0.3 is 5.32 Å². The van der Waals surface area contributed by atoms with E-state index < -0.39 is 10.0 Å². The highest BCUT2D eigenvalue weighted by molar-refractivity contribution is 7.91. The van der Waals surface area contributed by atoms with Crippen LogP contribution < -0.4 is 10.5 Å². The van der Waals surface area contributed by atoms with Gasteiger partial charge in [-0.2, -0.15) is 0 Å². The third-order valence-corrected chi connectivity index (χ3v) is 5.58. The van der Waals surface area contributed by atoms with E-state index in [4.69, 9.17) is 16.7 Å². The van der Waals surface area contributed by atoms with Crippen molar-refractivity contribution >= 4 is 38.9 Å². The van der Waals surface area contributed by atoms with Gasteiger partial charge in [0, 0.05) is 9.90 Å². The van der Waals surface area contributed by atoms with Crippen LogP contribution in [0.15, 0.2) is 40.6 Å². The Bertz CT molecular complexity index is 756. The number of thiophene rings is 1. The normalized spacial score (nSPS) is 11.3. The van der Waals surface area contributed by atoms with Crippen molar-refractivity contribution in [3.63, 3.8) is 0 Å². The Morgan fingerprint density at radius 3 is 2.57 bits per heavy atom. The maximum Gasteiger partial charge on any atom is 0.247 e. The van der Waals surface area contributed by atoms with Gasteiger partial charge in [0.25, 0.3) is 0 Å². The molecule has 0 bridgehead atoms. The molecular weight excluding hydrogens is 332 g/mol. The molecule has 8 heteroatoms. The van der Waals surface area contributed by atoms with E-state index in [1.165, 1.54) is 6.07 Å². The zero-order valence-electron chi connectivity index (χ0n) is 10.9. The number of rotatable bonds is 5. The first-order valence-corrected chi connectivity index (χ1v) is 8.72. The SMILES string of the molecule is NS(=O)(=O)c1ccc(CNC(=O)Cc2ccccc2Cl)s1. The van der Waals surface area contributed by atoms with Crippen molar-refractivity contribution in [1.29, 1.82) is 0 Å². The summed E-state index contributed by atoms with van der Waals surface area (Å²) in [6.45, 7) is 0.253. The average Bonchev–Trinajstić information content (AvgIpc) is 2.88. The smallest absolute Gasteiger partial charge is 0.247 e. The highest BCUT2D eigenvalue weighted by atomic mass is 35.5. The first kappa shape index (κ1) is 16.0. The zero-order chi connectivity index (χ0) is 15.5. The van der Waals surface area contributed by atoms with E-state index in [0.717, 1.165) is 16.9 Å². The molecule has 0 aliphatic rings. The summed E-state index contributed by atoms with van der Waals surface area (Å²) in [5.74, 6) is -0.186. The molecule has 0 aliphatic carbocycles. The lowest BCUT2D eigenvalue weighted by Crippen LogP contribution is -2.24. The van der Waals surface area contributed by atoms with Gasteiger partial charge in [-0.15, -0.1) is 11.3 Å². The van der Waals surface area contributed by atoms with Crippen molar-refractivity contribution < 1.29 is 13.2 Å². The zero-order valence-corrected chi connectivity index (χ0v) is 13.3. The number of nitrogens with two attached hydrogens (primary N) is 1. The van der Waals surface area contributed by atoms with Gasteiger partial charge in [-0.3, -0.25) is 4.79 Å². The summed E-state index contributed by atoms with van der Waals surface area (Å²) in [7, 11) is -3.69. The molecule has 5 nitrogen and oxygen atoms in total. The number of carbonyl (C=O) groups is 1. The summed E-state index contributed by atoms with van der Waals surface area (Å²) in [4.78, 5) is 12.5. The molecule has 0 fully saturated rings. The van der Waals surface area contributed by atoms with Gasteiger partial charge in [0.1, 0.15) is 4.21 Å². The van der Waals surface area contributed by atoms with Gasteiger partial charge in [-0.1, -0.05) is 29.8 Å². The van der Waals surface area contributed by atoms with Gasteiger partial charge in [-0.05, 0) is 23.8 Å². The first-order chi connectivity index (χ1) is 9.86. The number of primary sulfonamides is 1. The summed E-state index contributed by atoms with van der Waals surface area (Å²) in [5, 5.41) is 8.28. The van der Waals surface area contributed by atoms with Gasteiger partial charge in [0.2, 0.25) is 15.9 Å². The fourth-order valence-corrected chi connectivity index (χ4v) is 3.59. The molecule has 3 N–H and O–H groups in total. The molecule has 0 radical (unpaired) electrons. The number of nitrogens with one attached hydrogen (secondary N) is 1. The fraction of sp³-hybridized carbons (Fsp3) is 0.154. The third-order valence-electron chi connectivity index (χ3n) is 2.69. The molecular formula is C13H13ClN2O3S2. The van der Waals surface area contributed by atoms with Crippen LogP contribution in [-0.4, -0.2) is 14.3 Å². The van der Waals surface area contributed by atoms with Crippen LogP contribution in [0, 0.1) is 0 Å². The van der Waals surface area contributed by atoms with Crippen molar-refractivity contribution in [3.05, 3.63) is 51.9 Å². The predicted molar refractivity (Wildman–Crippen MR) is 82.7 cm³/mol. The molecule has 0 spiro atoms. The van der Waals surface area contributed by atoms with Crippen molar-refractivity contribution in [3.8, 4) is 0 Å². The van der Waals surface area contributed by atoms with Crippen LogP contribution in [-0.2, 0) is 27.8 Å². The number of hydrogen-bond donors (Lipinski definition) is 2. The lowest BCUT2D eigenvalue weighted by atomic mass is 10.1. The molecule has 0 atom stereocenters. The number of sulfonamides is 1. The van der Waals surface area contributed by atoms with Gasteiger partial charge in [0.05, 0.1) is 13.0 Å². The molecule has 0 saturated carbocycles. The molecule has 0 unspecified atom stereocenters. The van der Waals surface area contributed by atoms with Crippen molar-refractivity contribution in [2.24, 2.45) is 5.14 Å². The summed E-state index contributed by atoms with van der Waals surface area (Å²) in [6.07, 6.45) is 0.174. The Balaban J connectivity index is 1.93. The molecule has 0 aliphatic heterocycles. The molecule has 21 heavy (non-hydrogen) atoms. The molecule has 1 aromatic heterocycles. The first-order valence-electron chi connectivity index (χ1n) is 5.98. The van der Waals surface area contributed by atoms with Crippen LogP contribution in [0.3, 0.4) is 0 Å². The molecule has 1 amide bonds. The van der Waals surface area contributed by atoms with E-state index in [0.29, 0.717) is 9.90 Å². The second-order valence-electron chi connectivity index (χ2n) is 4.31. The Labute approximate surface area is 131 Å². The monoisotopic (exact) mass is 344 g/mol. The second kappa shape index (κ2) is 6.57. The van der Waals surface area contributed by atoms with Crippen LogP contribution in [0.4, 0.5) is 0 Å². The standard InChI is InChI=1S/C13H13ClN2O3S2/c14-11-4-2-1-3-9(11)7-12(17)16-8-10-5-6-13(20-10)21(15,18)19/h1-6H,7-8H2,(H,16,17)(H2,15,18,19). The maximum absolute atomic E-state index is 11.8. The molecule has 1 aromatic carbocycles. The Hall–Kier alpha value is -1.41. The lowest BCUT2D eigenvalue weighted by Gasteiger charge is -2.05. The summed E-state index contributed by atoms with van der Waals surface area (Å²) < 4.78 is 22.4. The number of amides is 1. The maximum atomic E-state index is 11.8. The fourth-order valence-electron chi connectivity index (χ4n) is 1.67. The van der Waals surface area contributed by atoms with Gasteiger partial charge >= 0.3 is 0 Å². The quantitative estimate of drug-likeness (QED) is 0.868. The lowest BCUT2D eigenvalue weighted by molar-refractivity contribution is -0.120. The largest absolute Gasteiger partial charge is 0.351 e. The minimum atomic E-state index is -3.69. The van der Waals surface area contributed by atoms with Crippen LogP contribution in [0.25, 0.3) is 0 Å². The molecule has 112 valence electrons. The van der Waals surface area contributed by atoms with Crippen LogP contribution in [0.5, 0.6) is 0 Å². The third kappa shape index (κ3) is 4.53. The molecule has 1 heterocycles. The summed E-state index contributed by atoms with van der Waals surface area (Å²) >= 11 is 7.02. The topological polar surface area (TPSA) is 89.3 Å². The van der Waals surface area contributed by atoms with E-state index in [2.05, 4.69) is 5.32 Å². The van der Waals surface area contributed by atoms with Crippen LogP contribution in [0.1, 0.15) is 10.4 Å². The van der Waals surface area contributed by atoms with Crippen molar-refractivity contribution in [1.82, 2.24) is 5.32 Å². The van der Waals surface area contributed by atoms with E-state index in [9.17, 15) is 13.2 Å². The molecule has 2 aromatic rings. The van der Waals surface area contributed by atoms with E-state index in [-0.39, 0.29) is 23.1 Å². The number of hydrogen-bond acceptors (Lipinski definition) is 4. The van der Waals surface area contributed by atoms with Crippen LogP contribution in [0.2, 0.25) is 5.02 Å². The second-order valence-corrected chi connectivity index (χ2v) is 7.67. The number of benzene rings is 1. The highest BCUT2D eigenvalue weighted by Gasteiger charge is 2.12. The van der Waals surface area contributed by atoms with E-state index in [1.54, 1.807) is 24.3 Å². The average molecular weight is 345 g/mol. The highest BCUT2D eigenvalue weighted by Crippen LogP contribution is 2.20. The Morgan fingerprint density at radius 2 is 1.95 bits per heavy atom. The summed E-state index contributed by atoms with van der Waals surface area (Å²) in [6, 6.07) is 10.2. The van der Waals surface area contributed by atoms with E-state index >= 15 is 0 Å². The Kier molecular flexibility index (Phi) is 5.00. The molecule has 2 rings (SSSR count). The number of halogens is 1. The summed E-state index contributed by atoms with van der Waals surface area (Å²) in [5.41, 5.74) is 0.744. The van der Waals surface area contributed by atoms with Crippen molar-refractivity contribution in [2.45, 2.75) is 17.2 Å². The van der Waals surface area contributed by atoms with E-state index in [1.807, 2.05) is 6.07 Å². The van der Waals surface area contributed by atoms with Crippen molar-refractivity contribution in [2.75, 3.05) is 0 Å². The minimum absolute atomic E-state index is 0.0813. The molecule has 0 saturated heterocycles. The van der Waals surface area contributed by atoms with Crippen LogP contribution >= 0.6 is 22.9 Å². The van der Waals surface area contributed by atoms with Gasteiger partial charge in [0.15, 0.2) is 0 Å². The number of carbonyl (C=O) groups excluding carboxylic acids is 1. The van der Waals surface area contributed by atoms with Gasteiger partial charge in [-0.25, -0.2) is 13.6 Å².